The Morgan fingerprint density at radius 3 is 3.00 bits per heavy atom. The van der Waals surface area contributed by atoms with Gasteiger partial charge < -0.3 is 14.7 Å². The van der Waals surface area contributed by atoms with Gasteiger partial charge >= 0.3 is 5.97 Å². The molecule has 1 heterocycles. The lowest BCUT2D eigenvalue weighted by molar-refractivity contribution is -0.137. The van der Waals surface area contributed by atoms with Crippen LogP contribution in [-0.2, 0) is 16.0 Å². The number of benzene rings is 1. The highest BCUT2D eigenvalue weighted by atomic mass is 16.5. The molecule has 1 aliphatic rings. The van der Waals surface area contributed by atoms with Gasteiger partial charge in [-0.05, 0) is 23.8 Å². The highest BCUT2D eigenvalue weighted by Gasteiger charge is 2.23. The number of ether oxygens (including phenoxy) is 1. The summed E-state index contributed by atoms with van der Waals surface area (Å²) in [4.78, 5) is 23.4. The number of carboxylic acids is 1. The van der Waals surface area contributed by atoms with Crippen LogP contribution in [0.5, 0.6) is 5.75 Å². The molecule has 0 saturated heterocycles. The Kier molecular flexibility index (Phi) is 2.99. The molecular formula is C12H13NO4. The normalized spacial score (nSPS) is 13.7. The molecule has 0 spiro atoms. The molecule has 2 rings (SSSR count). The number of hydrogen-bond donors (Lipinski definition) is 1. The van der Waals surface area contributed by atoms with Gasteiger partial charge in [0, 0.05) is 12.7 Å². The van der Waals surface area contributed by atoms with Gasteiger partial charge in [-0.1, -0.05) is 0 Å². The fraction of sp³-hybridized carbons (Fsp3) is 0.333. The summed E-state index contributed by atoms with van der Waals surface area (Å²) < 4.78 is 5.30. The van der Waals surface area contributed by atoms with Crippen molar-refractivity contribution in [3.8, 4) is 5.75 Å². The minimum atomic E-state index is -0.888. The van der Waals surface area contributed by atoms with E-state index in [4.69, 9.17) is 9.84 Å². The standard InChI is InChI=1S/C12H13NO4/c1-13-10-3-2-9(17-5-4-12(15)16)6-8(10)7-11(13)14/h2-3,6H,4-5,7H2,1H3,(H,15,16). The summed E-state index contributed by atoms with van der Waals surface area (Å²) in [5, 5.41) is 8.48. The fourth-order valence-corrected chi connectivity index (χ4v) is 1.79. The van der Waals surface area contributed by atoms with E-state index in [9.17, 15) is 9.59 Å². The largest absolute Gasteiger partial charge is 0.493 e. The molecule has 5 heteroatoms. The molecular weight excluding hydrogens is 222 g/mol. The van der Waals surface area contributed by atoms with Crippen molar-refractivity contribution in [2.75, 3.05) is 18.6 Å². The van der Waals surface area contributed by atoms with Crippen LogP contribution in [0.1, 0.15) is 12.0 Å². The van der Waals surface area contributed by atoms with Crippen molar-refractivity contribution in [2.24, 2.45) is 0 Å². The van der Waals surface area contributed by atoms with Gasteiger partial charge in [0.25, 0.3) is 0 Å². The van der Waals surface area contributed by atoms with Crippen LogP contribution in [-0.4, -0.2) is 30.6 Å². The second-order valence-corrected chi connectivity index (χ2v) is 3.91. The minimum Gasteiger partial charge on any atom is -0.493 e. The first-order valence-corrected chi connectivity index (χ1v) is 5.32. The Labute approximate surface area is 98.6 Å². The number of hydrogen-bond acceptors (Lipinski definition) is 3. The minimum absolute atomic E-state index is 0.0318. The van der Waals surface area contributed by atoms with E-state index >= 15 is 0 Å². The first-order valence-electron chi connectivity index (χ1n) is 5.32. The molecule has 0 radical (unpaired) electrons. The third-order valence-corrected chi connectivity index (χ3v) is 2.71. The monoisotopic (exact) mass is 235 g/mol. The lowest BCUT2D eigenvalue weighted by atomic mass is 10.1. The van der Waals surface area contributed by atoms with Crippen LogP contribution in [0.3, 0.4) is 0 Å². The van der Waals surface area contributed by atoms with E-state index in [1.54, 1.807) is 24.1 Å². The van der Waals surface area contributed by atoms with E-state index in [-0.39, 0.29) is 18.9 Å². The van der Waals surface area contributed by atoms with Gasteiger partial charge in [0.05, 0.1) is 19.4 Å². The molecule has 17 heavy (non-hydrogen) atoms. The zero-order valence-corrected chi connectivity index (χ0v) is 9.47. The van der Waals surface area contributed by atoms with E-state index in [2.05, 4.69) is 0 Å². The zero-order valence-electron chi connectivity index (χ0n) is 9.47. The molecule has 90 valence electrons. The number of carboxylic acid groups (broad SMARTS) is 1. The predicted octanol–water partition coefficient (Wildman–Crippen LogP) is 1.06. The van der Waals surface area contributed by atoms with Gasteiger partial charge in [-0.3, -0.25) is 9.59 Å². The SMILES string of the molecule is CN1C(=O)Cc2cc(OCCC(=O)O)ccc21. The van der Waals surface area contributed by atoms with E-state index in [0.717, 1.165) is 11.3 Å². The second kappa shape index (κ2) is 4.45. The molecule has 1 aliphatic heterocycles. The van der Waals surface area contributed by atoms with Crippen molar-refractivity contribution >= 4 is 17.6 Å². The van der Waals surface area contributed by atoms with E-state index in [1.165, 1.54) is 0 Å². The summed E-state index contributed by atoms with van der Waals surface area (Å²) in [5.74, 6) is -0.225. The number of anilines is 1. The number of carbonyl (C=O) groups is 2. The van der Waals surface area contributed by atoms with E-state index in [0.29, 0.717) is 12.2 Å². The molecule has 0 aromatic heterocycles. The van der Waals surface area contributed by atoms with Gasteiger partial charge in [-0.15, -0.1) is 0 Å². The van der Waals surface area contributed by atoms with Crippen LogP contribution in [0.4, 0.5) is 5.69 Å². The topological polar surface area (TPSA) is 66.8 Å². The smallest absolute Gasteiger partial charge is 0.306 e. The lowest BCUT2D eigenvalue weighted by Crippen LogP contribution is -2.20. The molecule has 0 bridgehead atoms. The summed E-state index contributed by atoms with van der Waals surface area (Å²) in [6.07, 6.45) is 0.345. The molecule has 5 nitrogen and oxygen atoms in total. The Bertz CT molecular complexity index is 470. The van der Waals surface area contributed by atoms with Crippen LogP contribution >= 0.6 is 0 Å². The number of likely N-dealkylation sites (N-methyl/N-ethyl adjacent to an activating group) is 1. The summed E-state index contributed by atoms with van der Waals surface area (Å²) in [7, 11) is 1.74. The molecule has 0 aliphatic carbocycles. The average Bonchev–Trinajstić information content (AvgIpc) is 2.54. The van der Waals surface area contributed by atoms with Gasteiger partial charge in [-0.2, -0.15) is 0 Å². The first kappa shape index (κ1) is 11.4. The third-order valence-electron chi connectivity index (χ3n) is 2.71. The van der Waals surface area contributed by atoms with Crippen molar-refractivity contribution in [1.82, 2.24) is 0 Å². The molecule has 1 amide bonds. The Hall–Kier alpha value is -2.04. The highest BCUT2D eigenvalue weighted by Crippen LogP contribution is 2.30. The molecule has 0 fully saturated rings. The fourth-order valence-electron chi connectivity index (χ4n) is 1.79. The van der Waals surface area contributed by atoms with E-state index < -0.39 is 5.97 Å². The summed E-state index contributed by atoms with van der Waals surface area (Å²) in [6.45, 7) is 0.137. The molecule has 0 unspecified atom stereocenters. The van der Waals surface area contributed by atoms with Gasteiger partial charge in [0.15, 0.2) is 0 Å². The van der Waals surface area contributed by atoms with Crippen molar-refractivity contribution in [3.63, 3.8) is 0 Å². The van der Waals surface area contributed by atoms with Crippen LogP contribution in [0.15, 0.2) is 18.2 Å². The van der Waals surface area contributed by atoms with Crippen molar-refractivity contribution in [2.45, 2.75) is 12.8 Å². The van der Waals surface area contributed by atoms with E-state index in [1.807, 2.05) is 6.07 Å². The summed E-state index contributed by atoms with van der Waals surface area (Å²) >= 11 is 0. The van der Waals surface area contributed by atoms with Gasteiger partial charge in [-0.25, -0.2) is 0 Å². The maximum Gasteiger partial charge on any atom is 0.306 e. The quantitative estimate of drug-likeness (QED) is 0.847. The van der Waals surface area contributed by atoms with Crippen LogP contribution in [0.25, 0.3) is 0 Å². The molecule has 1 aromatic carbocycles. The Balaban J connectivity index is 2.05. The Morgan fingerprint density at radius 2 is 2.29 bits per heavy atom. The molecule has 0 saturated carbocycles. The van der Waals surface area contributed by atoms with Gasteiger partial charge in [0.2, 0.25) is 5.91 Å². The van der Waals surface area contributed by atoms with Crippen molar-refractivity contribution in [3.05, 3.63) is 23.8 Å². The van der Waals surface area contributed by atoms with Crippen molar-refractivity contribution < 1.29 is 19.4 Å². The number of amides is 1. The lowest BCUT2D eigenvalue weighted by Gasteiger charge is -2.10. The first-order chi connectivity index (χ1) is 8.08. The Morgan fingerprint density at radius 1 is 1.53 bits per heavy atom. The maximum atomic E-state index is 11.5. The second-order valence-electron chi connectivity index (χ2n) is 3.91. The van der Waals surface area contributed by atoms with Gasteiger partial charge in [0.1, 0.15) is 5.75 Å². The summed E-state index contributed by atoms with van der Waals surface area (Å²) in [6, 6.07) is 5.35. The molecule has 0 atom stereocenters. The average molecular weight is 235 g/mol. The number of rotatable bonds is 4. The predicted molar refractivity (Wildman–Crippen MR) is 61.3 cm³/mol. The van der Waals surface area contributed by atoms with Crippen LogP contribution < -0.4 is 9.64 Å². The number of aliphatic carboxylic acids is 1. The summed E-state index contributed by atoms with van der Waals surface area (Å²) in [5.41, 5.74) is 1.81. The zero-order chi connectivity index (χ0) is 12.4. The number of fused-ring (bicyclic) bond motifs is 1. The molecule has 1 N–H and O–H groups in total. The number of nitrogens with zero attached hydrogens (tertiary/aromatic N) is 1. The highest BCUT2D eigenvalue weighted by molar-refractivity contribution is 6.01. The van der Waals surface area contributed by atoms with Crippen LogP contribution in [0, 0.1) is 0 Å². The number of carbonyl (C=O) groups excluding carboxylic acids is 1. The maximum absolute atomic E-state index is 11.5. The third kappa shape index (κ3) is 2.38. The van der Waals surface area contributed by atoms with Crippen LogP contribution in [0.2, 0.25) is 0 Å². The molecule has 1 aromatic rings. The van der Waals surface area contributed by atoms with Crippen molar-refractivity contribution in [1.29, 1.82) is 0 Å².